The number of para-hydroxylation sites is 1. The van der Waals surface area contributed by atoms with Gasteiger partial charge in [0, 0.05) is 31.0 Å². The fraction of sp³-hybridized carbons (Fsp3) is 0.200. The number of nitrogens with zero attached hydrogens (tertiary/aromatic N) is 3. The monoisotopic (exact) mass is 337 g/mol. The molecule has 124 valence electrons. The number of imidazole rings is 1. The number of phosphoric acid groups is 1. The molecule has 2 heterocycles. The van der Waals surface area contributed by atoms with Crippen molar-refractivity contribution in [2.45, 2.75) is 6.92 Å². The first-order valence-electron chi connectivity index (χ1n) is 6.84. The van der Waals surface area contributed by atoms with Gasteiger partial charge in [-0.2, -0.15) is 0 Å². The molecule has 2 N–H and O–H groups in total. The molecule has 1 aromatic carbocycles. The van der Waals surface area contributed by atoms with E-state index in [1.54, 1.807) is 12.5 Å². The molecule has 0 fully saturated rings. The highest BCUT2D eigenvalue weighted by atomic mass is 31.2. The molecule has 0 aliphatic rings. The Kier molecular flexibility index (Phi) is 8.15. The summed E-state index contributed by atoms with van der Waals surface area (Å²) < 4.78 is 15.5. The summed E-state index contributed by atoms with van der Waals surface area (Å²) in [5, 5.41) is 1.20. The second-order valence-corrected chi connectivity index (χ2v) is 5.57. The maximum atomic E-state index is 9.70. The van der Waals surface area contributed by atoms with Gasteiger partial charge in [0.1, 0.15) is 0 Å². The van der Waals surface area contributed by atoms with Crippen LogP contribution < -0.4 is 0 Å². The number of hydrogen-bond donors (Lipinski definition) is 2. The molecule has 3 aromatic rings. The fourth-order valence-corrected chi connectivity index (χ4v) is 1.85. The third-order valence-electron chi connectivity index (χ3n) is 2.45. The molecular weight excluding hydrogens is 317 g/mol. The smallest absolute Gasteiger partial charge is 0.341 e. The van der Waals surface area contributed by atoms with E-state index < -0.39 is 7.82 Å². The summed E-state index contributed by atoms with van der Waals surface area (Å²) in [4.78, 5) is 23.8. The van der Waals surface area contributed by atoms with Gasteiger partial charge in [0.25, 0.3) is 0 Å². The lowest BCUT2D eigenvalue weighted by Crippen LogP contribution is -1.84. The Hall–Kier alpha value is -2.05. The van der Waals surface area contributed by atoms with Crippen molar-refractivity contribution in [1.29, 1.82) is 0 Å². The summed E-state index contributed by atoms with van der Waals surface area (Å²) >= 11 is 0. The zero-order chi connectivity index (χ0) is 17.1. The molecule has 0 atom stereocenters. The highest BCUT2D eigenvalue weighted by Gasteiger charge is 2.10. The first kappa shape index (κ1) is 19.0. The van der Waals surface area contributed by atoms with Crippen molar-refractivity contribution in [3.8, 4) is 0 Å². The van der Waals surface area contributed by atoms with E-state index in [2.05, 4.69) is 26.6 Å². The van der Waals surface area contributed by atoms with E-state index in [0.29, 0.717) is 0 Å². The van der Waals surface area contributed by atoms with Crippen LogP contribution in [0.15, 0.2) is 61.3 Å². The highest BCUT2D eigenvalue weighted by molar-refractivity contribution is 7.46. The minimum absolute atomic E-state index is 0.0459. The molecule has 0 aliphatic heterocycles. The molecule has 8 heteroatoms. The molecule has 7 nitrogen and oxygen atoms in total. The number of aromatic nitrogens is 3. The van der Waals surface area contributed by atoms with Crippen molar-refractivity contribution in [2.24, 2.45) is 7.05 Å². The lowest BCUT2D eigenvalue weighted by Gasteiger charge is -1.98. The van der Waals surface area contributed by atoms with Crippen LogP contribution in [0, 0.1) is 0 Å². The van der Waals surface area contributed by atoms with Crippen LogP contribution in [0.1, 0.15) is 6.92 Å². The average molecular weight is 337 g/mol. The van der Waals surface area contributed by atoms with Crippen molar-refractivity contribution < 1.29 is 18.9 Å². The maximum absolute atomic E-state index is 9.70. The van der Waals surface area contributed by atoms with Crippen LogP contribution in [-0.2, 0) is 16.1 Å². The predicted molar refractivity (Wildman–Crippen MR) is 88.6 cm³/mol. The van der Waals surface area contributed by atoms with Crippen molar-refractivity contribution in [3.05, 3.63) is 61.3 Å². The summed E-state index contributed by atoms with van der Waals surface area (Å²) in [5.41, 5.74) is 1.06. The fourth-order valence-electron chi connectivity index (χ4n) is 1.51. The number of fused-ring (bicyclic) bond motifs is 1. The Morgan fingerprint density at radius 1 is 1.17 bits per heavy atom. The summed E-state index contributed by atoms with van der Waals surface area (Å²) in [6.07, 6.45) is 7.20. The van der Waals surface area contributed by atoms with Gasteiger partial charge < -0.3 is 14.4 Å². The number of pyridine rings is 1. The van der Waals surface area contributed by atoms with Crippen molar-refractivity contribution >= 4 is 18.7 Å². The van der Waals surface area contributed by atoms with Gasteiger partial charge in [0.05, 0.1) is 18.5 Å². The summed E-state index contributed by atoms with van der Waals surface area (Å²) in [5.74, 6) is 0. The number of aryl methyl sites for hydroxylation is 1. The molecule has 0 saturated heterocycles. The molecule has 0 unspecified atom stereocenters. The van der Waals surface area contributed by atoms with E-state index >= 15 is 0 Å². The van der Waals surface area contributed by atoms with Crippen LogP contribution >= 0.6 is 7.82 Å². The normalized spacial score (nSPS) is 10.3. The summed E-state index contributed by atoms with van der Waals surface area (Å²) in [7, 11) is -2.23. The molecule has 0 saturated carbocycles. The minimum atomic E-state index is -4.17. The average Bonchev–Trinajstić information content (AvgIpc) is 2.99. The molecule has 0 bridgehead atoms. The maximum Gasteiger partial charge on any atom is 0.469 e. The Morgan fingerprint density at radius 2 is 1.87 bits per heavy atom. The van der Waals surface area contributed by atoms with E-state index in [-0.39, 0.29) is 6.61 Å². The van der Waals surface area contributed by atoms with Crippen LogP contribution in [-0.4, -0.2) is 30.9 Å². The molecule has 0 radical (unpaired) electrons. The summed E-state index contributed by atoms with van der Waals surface area (Å²) in [6, 6.07) is 12.1. The Labute approximate surface area is 134 Å². The molecule has 23 heavy (non-hydrogen) atoms. The van der Waals surface area contributed by atoms with Gasteiger partial charge in [-0.15, -0.1) is 0 Å². The molecule has 2 aromatic heterocycles. The summed E-state index contributed by atoms with van der Waals surface area (Å²) in [6.45, 7) is 1.56. The molecule has 0 aliphatic carbocycles. The Bertz CT molecular complexity index is 663. The van der Waals surface area contributed by atoms with Crippen LogP contribution in [0.2, 0.25) is 0 Å². The van der Waals surface area contributed by atoms with Crippen molar-refractivity contribution in [2.75, 3.05) is 6.61 Å². The molecule has 3 rings (SSSR count). The van der Waals surface area contributed by atoms with Gasteiger partial charge in [-0.05, 0) is 19.1 Å². The van der Waals surface area contributed by atoms with E-state index in [1.807, 2.05) is 48.3 Å². The van der Waals surface area contributed by atoms with Gasteiger partial charge in [-0.1, -0.05) is 24.3 Å². The quantitative estimate of drug-likeness (QED) is 0.698. The van der Waals surface area contributed by atoms with Crippen LogP contribution in [0.25, 0.3) is 10.9 Å². The number of hydrogen-bond acceptors (Lipinski definition) is 4. The van der Waals surface area contributed by atoms with Gasteiger partial charge in [-0.3, -0.25) is 9.51 Å². The molecule has 0 amide bonds. The molecule has 0 spiro atoms. The van der Waals surface area contributed by atoms with Crippen LogP contribution in [0.3, 0.4) is 0 Å². The minimum Gasteiger partial charge on any atom is -0.341 e. The predicted octanol–water partition coefficient (Wildman–Crippen LogP) is 2.77. The van der Waals surface area contributed by atoms with Gasteiger partial charge >= 0.3 is 7.82 Å². The number of phosphoric ester groups is 1. The second-order valence-electron chi connectivity index (χ2n) is 4.33. The third-order valence-corrected chi connectivity index (χ3v) is 3.04. The van der Waals surface area contributed by atoms with Crippen LogP contribution in [0.5, 0.6) is 0 Å². The standard InChI is InChI=1S/C9H7N.C4H6N2.C2H7O4P/c1-2-6-9-8(4-1)5-3-7-10-9;1-6-3-2-5-4-6;1-2-6-7(3,4)5/h1-7H;2-4H,1H3;2H2,1H3,(H2,3,4,5). The van der Waals surface area contributed by atoms with E-state index in [4.69, 9.17) is 9.79 Å². The zero-order valence-corrected chi connectivity index (χ0v) is 13.9. The topological polar surface area (TPSA) is 97.5 Å². The molecular formula is C15H20N3O4P. The zero-order valence-electron chi connectivity index (χ0n) is 13.0. The first-order chi connectivity index (χ1) is 10.9. The largest absolute Gasteiger partial charge is 0.469 e. The van der Waals surface area contributed by atoms with Gasteiger partial charge in [0.2, 0.25) is 0 Å². The number of benzene rings is 1. The van der Waals surface area contributed by atoms with E-state index in [0.717, 1.165) is 5.52 Å². The lowest BCUT2D eigenvalue weighted by atomic mass is 10.2. The van der Waals surface area contributed by atoms with Crippen LogP contribution in [0.4, 0.5) is 0 Å². The van der Waals surface area contributed by atoms with Gasteiger partial charge in [-0.25, -0.2) is 9.55 Å². The SMILES string of the molecule is CCOP(=O)(O)O.Cn1ccnc1.c1ccc2ncccc2c1. The van der Waals surface area contributed by atoms with E-state index in [9.17, 15) is 4.57 Å². The highest BCUT2D eigenvalue weighted by Crippen LogP contribution is 2.34. The third kappa shape index (κ3) is 8.85. The second kappa shape index (κ2) is 9.86. The number of rotatable bonds is 2. The first-order valence-corrected chi connectivity index (χ1v) is 8.37. The van der Waals surface area contributed by atoms with Crippen molar-refractivity contribution in [3.63, 3.8) is 0 Å². The Balaban J connectivity index is 0.000000181. The van der Waals surface area contributed by atoms with Crippen molar-refractivity contribution in [1.82, 2.24) is 14.5 Å². The lowest BCUT2D eigenvalue weighted by molar-refractivity contribution is 0.206. The van der Waals surface area contributed by atoms with E-state index in [1.165, 1.54) is 12.3 Å². The Morgan fingerprint density at radius 3 is 2.30 bits per heavy atom. The van der Waals surface area contributed by atoms with Gasteiger partial charge in [0.15, 0.2) is 0 Å².